The van der Waals surface area contributed by atoms with E-state index in [-0.39, 0.29) is 39.7 Å². The lowest BCUT2D eigenvalue weighted by Gasteiger charge is -2.63. The van der Waals surface area contributed by atoms with Gasteiger partial charge in [-0.25, -0.2) is 0 Å². The Labute approximate surface area is 213 Å². The summed E-state index contributed by atoms with van der Waals surface area (Å²) in [4.78, 5) is 13.1. The van der Waals surface area contributed by atoms with Gasteiger partial charge in [0.2, 0.25) is 0 Å². The number of ether oxygens (including phenoxy) is 1. The zero-order valence-corrected chi connectivity index (χ0v) is 23.3. The molecule has 0 saturated heterocycles. The number of carbonyl (C=O) groups excluding carboxylic acids is 1. The summed E-state index contributed by atoms with van der Waals surface area (Å²) >= 11 is 0. The van der Waals surface area contributed by atoms with Gasteiger partial charge < -0.3 is 14.9 Å². The van der Waals surface area contributed by atoms with Gasteiger partial charge in [-0.2, -0.15) is 0 Å². The fraction of sp³-hybridized carbons (Fsp3) is 0.903. The topological polar surface area (TPSA) is 66.8 Å². The molecule has 5 rings (SSSR count). The number of esters is 1. The van der Waals surface area contributed by atoms with Gasteiger partial charge in [0.15, 0.2) is 0 Å². The molecule has 0 aliphatic heterocycles. The zero-order valence-electron chi connectivity index (χ0n) is 23.3. The van der Waals surface area contributed by atoms with Gasteiger partial charge in [-0.1, -0.05) is 46.3 Å². The molecule has 4 heteroatoms. The second-order valence-electron chi connectivity index (χ2n) is 14.9. The Kier molecular flexibility index (Phi) is 5.94. The third-order valence-electron chi connectivity index (χ3n) is 13.2. The molecule has 4 saturated carbocycles. The fourth-order valence-electron chi connectivity index (χ4n) is 11.1. The van der Waals surface area contributed by atoms with Crippen LogP contribution in [0.2, 0.25) is 0 Å². The van der Waals surface area contributed by atoms with E-state index in [4.69, 9.17) is 4.74 Å². The average molecular weight is 487 g/mol. The monoisotopic (exact) mass is 486 g/mol. The molecule has 0 aromatic rings. The van der Waals surface area contributed by atoms with Crippen molar-refractivity contribution in [3.8, 4) is 0 Å². The number of aliphatic hydroxyl groups is 2. The van der Waals surface area contributed by atoms with Crippen molar-refractivity contribution in [1.29, 1.82) is 0 Å². The minimum absolute atomic E-state index is 0.0333. The van der Waals surface area contributed by atoms with Gasteiger partial charge in [0, 0.05) is 0 Å². The van der Waals surface area contributed by atoms with E-state index < -0.39 is 11.5 Å². The van der Waals surface area contributed by atoms with Crippen molar-refractivity contribution in [3.63, 3.8) is 0 Å². The highest BCUT2D eigenvalue weighted by Gasteiger charge is 2.66. The normalized spacial score (nSPS) is 53.1. The quantitative estimate of drug-likeness (QED) is 0.337. The number of aliphatic hydroxyl groups excluding tert-OH is 2. The molecule has 5 aliphatic carbocycles. The van der Waals surface area contributed by atoms with Crippen molar-refractivity contribution in [2.75, 3.05) is 7.11 Å². The minimum Gasteiger partial charge on any atom is -0.469 e. The minimum atomic E-state index is -0.817. The first-order valence-electron chi connectivity index (χ1n) is 14.4. The van der Waals surface area contributed by atoms with E-state index in [0.717, 1.165) is 38.5 Å². The second kappa shape index (κ2) is 8.06. The molecule has 35 heavy (non-hydrogen) atoms. The van der Waals surface area contributed by atoms with Crippen LogP contribution in [-0.2, 0) is 9.53 Å². The summed E-state index contributed by atoms with van der Waals surface area (Å²) in [7, 11) is 1.47. The summed E-state index contributed by atoms with van der Waals surface area (Å²) in [6.45, 7) is 14.1. The Morgan fingerprint density at radius 2 is 1.49 bits per heavy atom. The first kappa shape index (κ1) is 25.8. The number of rotatable bonds is 1. The van der Waals surface area contributed by atoms with Crippen LogP contribution < -0.4 is 0 Å². The summed E-state index contributed by atoms with van der Waals surface area (Å²) in [6, 6.07) is 0. The first-order chi connectivity index (χ1) is 16.2. The molecule has 4 nitrogen and oxygen atoms in total. The van der Waals surface area contributed by atoms with E-state index in [1.54, 1.807) is 5.57 Å². The lowest BCUT2D eigenvalue weighted by atomic mass is 9.41. The highest BCUT2D eigenvalue weighted by Crippen LogP contribution is 2.70. The third kappa shape index (κ3) is 3.33. The molecule has 0 amide bonds. The van der Waals surface area contributed by atoms with Gasteiger partial charge in [-0.3, -0.25) is 4.79 Å². The van der Waals surface area contributed by atoms with Crippen molar-refractivity contribution in [3.05, 3.63) is 11.6 Å². The van der Waals surface area contributed by atoms with Crippen LogP contribution in [0.5, 0.6) is 0 Å². The van der Waals surface area contributed by atoms with Crippen LogP contribution in [0.1, 0.15) is 106 Å². The molecule has 0 aromatic carbocycles. The summed E-state index contributed by atoms with van der Waals surface area (Å²) in [5.41, 5.74) is 1.34. The molecule has 0 aromatic heterocycles. The Bertz CT molecular complexity index is 908. The molecule has 10 atom stereocenters. The van der Waals surface area contributed by atoms with Gasteiger partial charge in [-0.05, 0) is 116 Å². The molecule has 0 bridgehead atoms. The number of methoxy groups -OCH3 is 1. The zero-order chi connectivity index (χ0) is 25.6. The van der Waals surface area contributed by atoms with Crippen LogP contribution in [-0.4, -0.2) is 35.5 Å². The summed E-state index contributed by atoms with van der Waals surface area (Å²) < 4.78 is 5.29. The third-order valence-corrected chi connectivity index (χ3v) is 13.2. The van der Waals surface area contributed by atoms with E-state index in [1.165, 1.54) is 26.4 Å². The predicted octanol–water partition coefficient (Wildman–Crippen LogP) is 6.29. The molecule has 4 fully saturated rings. The van der Waals surface area contributed by atoms with Crippen LogP contribution in [0.4, 0.5) is 0 Å². The Morgan fingerprint density at radius 3 is 2.17 bits per heavy atom. The number of hydrogen-bond acceptors (Lipinski definition) is 4. The van der Waals surface area contributed by atoms with Gasteiger partial charge in [0.1, 0.15) is 0 Å². The van der Waals surface area contributed by atoms with Crippen LogP contribution in [0.15, 0.2) is 11.6 Å². The fourth-order valence-corrected chi connectivity index (χ4v) is 11.1. The van der Waals surface area contributed by atoms with Gasteiger partial charge >= 0.3 is 5.97 Å². The number of allylic oxidation sites excluding steroid dienone is 2. The van der Waals surface area contributed by atoms with Gasteiger partial charge in [0.05, 0.1) is 24.7 Å². The van der Waals surface area contributed by atoms with Gasteiger partial charge in [-0.15, -0.1) is 0 Å². The van der Waals surface area contributed by atoms with E-state index in [9.17, 15) is 15.0 Å². The van der Waals surface area contributed by atoms with Crippen molar-refractivity contribution >= 4 is 5.97 Å². The molecule has 5 aliphatic rings. The average Bonchev–Trinajstić information content (AvgIpc) is 2.96. The van der Waals surface area contributed by atoms with Crippen LogP contribution in [0, 0.1) is 50.7 Å². The smallest absolute Gasteiger partial charge is 0.314 e. The van der Waals surface area contributed by atoms with E-state index >= 15 is 0 Å². The van der Waals surface area contributed by atoms with Gasteiger partial charge in [0.25, 0.3) is 0 Å². The SMILES string of the molecule is COC(=O)[C@@]1(C)C(O)CC[C@]2(C)C3CCC4C(=CCC5C(C)(C)C(O)CC[C@]45C)C[C@]3(C)CCC21. The highest BCUT2D eigenvalue weighted by molar-refractivity contribution is 5.78. The summed E-state index contributed by atoms with van der Waals surface area (Å²) in [6.07, 6.45) is 12.3. The van der Waals surface area contributed by atoms with Crippen LogP contribution in [0.25, 0.3) is 0 Å². The van der Waals surface area contributed by atoms with Crippen molar-refractivity contribution in [1.82, 2.24) is 0 Å². The predicted molar refractivity (Wildman–Crippen MR) is 138 cm³/mol. The largest absolute Gasteiger partial charge is 0.469 e. The Morgan fingerprint density at radius 1 is 0.829 bits per heavy atom. The maximum atomic E-state index is 13.1. The van der Waals surface area contributed by atoms with Crippen LogP contribution >= 0.6 is 0 Å². The van der Waals surface area contributed by atoms with Crippen molar-refractivity contribution in [2.24, 2.45) is 50.7 Å². The Balaban J connectivity index is 1.51. The molecule has 0 heterocycles. The maximum absolute atomic E-state index is 13.1. The lowest BCUT2D eigenvalue weighted by Crippen LogP contribution is -2.61. The second-order valence-corrected chi connectivity index (χ2v) is 14.9. The van der Waals surface area contributed by atoms with E-state index in [2.05, 4.69) is 40.7 Å². The van der Waals surface area contributed by atoms with Crippen molar-refractivity contribution < 1.29 is 19.7 Å². The highest BCUT2D eigenvalue weighted by atomic mass is 16.5. The Hall–Kier alpha value is -0.870. The maximum Gasteiger partial charge on any atom is 0.314 e. The molecule has 0 radical (unpaired) electrons. The van der Waals surface area contributed by atoms with Crippen LogP contribution in [0.3, 0.4) is 0 Å². The van der Waals surface area contributed by atoms with E-state index in [0.29, 0.717) is 24.2 Å². The molecule has 2 N–H and O–H groups in total. The number of carbonyl (C=O) groups is 1. The standard InChI is InChI=1S/C31H50O4/c1-27(2)21-10-8-19-18-28(3)15-12-23-30(5,17-14-25(33)31(23,6)26(34)35-7)22(28)11-9-20(19)29(21,4)16-13-24(27)32/h8,20-25,32-33H,9-18H2,1-7H3/t20?,21?,22?,23?,24?,25?,28-,29+,30+,31+/m0/s1. The summed E-state index contributed by atoms with van der Waals surface area (Å²) in [5.74, 6) is 1.59. The van der Waals surface area contributed by atoms with Crippen molar-refractivity contribution in [2.45, 2.75) is 118 Å². The van der Waals surface area contributed by atoms with E-state index in [1.807, 2.05) is 6.92 Å². The molecular formula is C31H50O4. The molecule has 198 valence electrons. The number of hydrogen-bond donors (Lipinski definition) is 2. The first-order valence-corrected chi connectivity index (χ1v) is 14.4. The molecule has 6 unspecified atom stereocenters. The summed E-state index contributed by atoms with van der Waals surface area (Å²) in [5, 5.41) is 21.9. The lowest BCUT2D eigenvalue weighted by molar-refractivity contribution is -0.202. The number of fused-ring (bicyclic) bond motifs is 6. The molecular weight excluding hydrogens is 436 g/mol. The molecule has 0 spiro atoms.